The number of para-hydroxylation sites is 2. The van der Waals surface area contributed by atoms with Gasteiger partial charge in [-0.25, -0.2) is 0 Å². The zero-order valence-corrected chi connectivity index (χ0v) is 12.7. The second-order valence-corrected chi connectivity index (χ2v) is 5.47. The van der Waals surface area contributed by atoms with Crippen molar-refractivity contribution >= 4 is 17.3 Å². The summed E-state index contributed by atoms with van der Waals surface area (Å²) in [6, 6.07) is 17.5. The molecule has 1 amide bonds. The maximum absolute atomic E-state index is 12.8. The molecule has 1 aliphatic heterocycles. The number of hydrogen-bond acceptors (Lipinski definition) is 3. The summed E-state index contributed by atoms with van der Waals surface area (Å²) in [5.74, 6) is 0.0502. The van der Waals surface area contributed by atoms with E-state index in [-0.39, 0.29) is 12.0 Å². The summed E-state index contributed by atoms with van der Waals surface area (Å²) in [5.41, 5.74) is 2.50. The lowest BCUT2D eigenvalue weighted by molar-refractivity contribution is -0.0123. The molecule has 0 aromatic heterocycles. The van der Waals surface area contributed by atoms with Gasteiger partial charge in [0.1, 0.15) is 0 Å². The minimum atomic E-state index is 0.0502. The first-order chi connectivity index (χ1) is 10.7. The lowest BCUT2D eigenvalue weighted by atomic mass is 10.1. The number of carbonyl (C=O) groups excluding carboxylic acids is 1. The Balaban J connectivity index is 1.83. The fourth-order valence-electron chi connectivity index (χ4n) is 2.63. The summed E-state index contributed by atoms with van der Waals surface area (Å²) in [6.07, 6.45) is 0.0898. The predicted octanol–water partition coefficient (Wildman–Crippen LogP) is 3.29. The van der Waals surface area contributed by atoms with E-state index in [2.05, 4.69) is 5.32 Å². The van der Waals surface area contributed by atoms with Crippen LogP contribution in [0.4, 0.5) is 11.4 Å². The van der Waals surface area contributed by atoms with Crippen molar-refractivity contribution in [1.29, 1.82) is 0 Å². The topological polar surface area (TPSA) is 41.6 Å². The Morgan fingerprint density at radius 1 is 1.14 bits per heavy atom. The molecule has 4 heteroatoms. The summed E-state index contributed by atoms with van der Waals surface area (Å²) in [7, 11) is 0. The number of ether oxygens (including phenoxy) is 1. The Bertz CT molecular complexity index is 643. The average Bonchev–Trinajstić information content (AvgIpc) is 2.56. The number of nitrogens with one attached hydrogen (secondary N) is 1. The van der Waals surface area contributed by atoms with Crippen molar-refractivity contribution in [3.05, 3.63) is 60.2 Å². The van der Waals surface area contributed by atoms with E-state index in [9.17, 15) is 4.79 Å². The molecule has 1 fully saturated rings. The highest BCUT2D eigenvalue weighted by atomic mass is 16.5. The predicted molar refractivity (Wildman–Crippen MR) is 87.5 cm³/mol. The lowest BCUT2D eigenvalue weighted by Crippen LogP contribution is -2.44. The maximum Gasteiger partial charge on any atom is 0.256 e. The number of hydrogen-bond donors (Lipinski definition) is 1. The fraction of sp³-hybridized carbons (Fsp3) is 0.278. The Morgan fingerprint density at radius 3 is 2.64 bits per heavy atom. The minimum absolute atomic E-state index is 0.0502. The number of carbonyl (C=O) groups is 1. The normalized spacial score (nSPS) is 18.0. The molecule has 0 radical (unpaired) electrons. The van der Waals surface area contributed by atoms with Crippen LogP contribution in [-0.4, -0.2) is 36.6 Å². The number of benzene rings is 2. The van der Waals surface area contributed by atoms with Crippen LogP contribution in [0.1, 0.15) is 17.3 Å². The van der Waals surface area contributed by atoms with E-state index < -0.39 is 0 Å². The largest absolute Gasteiger partial charge is 0.375 e. The van der Waals surface area contributed by atoms with Gasteiger partial charge >= 0.3 is 0 Å². The third kappa shape index (κ3) is 3.28. The monoisotopic (exact) mass is 296 g/mol. The molecule has 2 aromatic carbocycles. The van der Waals surface area contributed by atoms with E-state index >= 15 is 0 Å². The molecule has 1 N–H and O–H groups in total. The number of rotatable bonds is 3. The van der Waals surface area contributed by atoms with Gasteiger partial charge in [-0.2, -0.15) is 0 Å². The number of nitrogens with zero attached hydrogens (tertiary/aromatic N) is 1. The first-order valence-electron chi connectivity index (χ1n) is 7.56. The van der Waals surface area contributed by atoms with Gasteiger partial charge in [0.05, 0.1) is 24.0 Å². The molecule has 114 valence electrons. The molecule has 1 saturated heterocycles. The summed E-state index contributed by atoms with van der Waals surface area (Å²) in [5, 5.41) is 3.32. The number of morpholine rings is 1. The standard InChI is InChI=1S/C18H20N2O2/c1-14-13-20(11-12-22-14)18(21)16-9-5-6-10-17(16)19-15-7-3-2-4-8-15/h2-10,14,19H,11-13H2,1H3. The molecule has 0 spiro atoms. The molecule has 1 unspecified atom stereocenters. The number of amides is 1. The van der Waals surface area contributed by atoms with Crippen molar-refractivity contribution in [3.8, 4) is 0 Å². The van der Waals surface area contributed by atoms with E-state index in [0.29, 0.717) is 25.3 Å². The van der Waals surface area contributed by atoms with Gasteiger partial charge in [-0.05, 0) is 31.2 Å². The zero-order valence-electron chi connectivity index (χ0n) is 12.7. The maximum atomic E-state index is 12.8. The van der Waals surface area contributed by atoms with Crippen molar-refractivity contribution in [2.24, 2.45) is 0 Å². The van der Waals surface area contributed by atoms with Gasteiger partial charge in [-0.1, -0.05) is 30.3 Å². The molecule has 1 atom stereocenters. The van der Waals surface area contributed by atoms with Crippen LogP contribution in [0.15, 0.2) is 54.6 Å². The molecular weight excluding hydrogens is 276 g/mol. The van der Waals surface area contributed by atoms with E-state index in [1.807, 2.05) is 66.4 Å². The van der Waals surface area contributed by atoms with Gasteiger partial charge in [0.15, 0.2) is 0 Å². The van der Waals surface area contributed by atoms with Crippen LogP contribution in [0.25, 0.3) is 0 Å². The molecule has 2 aromatic rings. The molecule has 3 rings (SSSR count). The van der Waals surface area contributed by atoms with Gasteiger partial charge < -0.3 is 15.0 Å². The molecule has 0 aliphatic carbocycles. The second kappa shape index (κ2) is 6.62. The second-order valence-electron chi connectivity index (χ2n) is 5.47. The quantitative estimate of drug-likeness (QED) is 0.945. The molecule has 0 saturated carbocycles. The van der Waals surface area contributed by atoms with E-state index in [1.165, 1.54) is 0 Å². The van der Waals surface area contributed by atoms with Crippen molar-refractivity contribution in [3.63, 3.8) is 0 Å². The van der Waals surface area contributed by atoms with E-state index in [1.54, 1.807) is 0 Å². The van der Waals surface area contributed by atoms with Crippen molar-refractivity contribution in [2.45, 2.75) is 13.0 Å². The SMILES string of the molecule is CC1CN(C(=O)c2ccccc2Nc2ccccc2)CCO1. The van der Waals surface area contributed by atoms with Crippen LogP contribution >= 0.6 is 0 Å². The van der Waals surface area contributed by atoms with Gasteiger partial charge in [0.2, 0.25) is 0 Å². The van der Waals surface area contributed by atoms with Gasteiger partial charge in [0, 0.05) is 18.8 Å². The third-order valence-electron chi connectivity index (χ3n) is 3.74. The highest BCUT2D eigenvalue weighted by Gasteiger charge is 2.24. The van der Waals surface area contributed by atoms with Crippen LogP contribution in [0.5, 0.6) is 0 Å². The van der Waals surface area contributed by atoms with Gasteiger partial charge in [-0.15, -0.1) is 0 Å². The zero-order chi connectivity index (χ0) is 15.4. The van der Waals surface area contributed by atoms with E-state index in [4.69, 9.17) is 4.74 Å². The highest BCUT2D eigenvalue weighted by Crippen LogP contribution is 2.22. The molecule has 22 heavy (non-hydrogen) atoms. The van der Waals surface area contributed by atoms with Crippen LogP contribution in [0, 0.1) is 0 Å². The third-order valence-corrected chi connectivity index (χ3v) is 3.74. The van der Waals surface area contributed by atoms with Crippen LogP contribution in [0.2, 0.25) is 0 Å². The van der Waals surface area contributed by atoms with Gasteiger partial charge in [-0.3, -0.25) is 4.79 Å². The molecule has 4 nitrogen and oxygen atoms in total. The Labute approximate surface area is 130 Å². The van der Waals surface area contributed by atoms with E-state index in [0.717, 1.165) is 11.4 Å². The first-order valence-corrected chi connectivity index (χ1v) is 7.56. The summed E-state index contributed by atoms with van der Waals surface area (Å²) in [6.45, 7) is 3.87. The highest BCUT2D eigenvalue weighted by molar-refractivity contribution is 6.00. The lowest BCUT2D eigenvalue weighted by Gasteiger charge is -2.31. The van der Waals surface area contributed by atoms with Crippen molar-refractivity contribution in [2.75, 3.05) is 25.0 Å². The van der Waals surface area contributed by atoms with Gasteiger partial charge in [0.25, 0.3) is 5.91 Å². The molecule has 1 aliphatic rings. The number of anilines is 2. The summed E-state index contributed by atoms with van der Waals surface area (Å²) >= 11 is 0. The van der Waals surface area contributed by atoms with Crippen LogP contribution < -0.4 is 5.32 Å². The van der Waals surface area contributed by atoms with Crippen molar-refractivity contribution < 1.29 is 9.53 Å². The smallest absolute Gasteiger partial charge is 0.256 e. The Kier molecular flexibility index (Phi) is 4.39. The molecule has 1 heterocycles. The minimum Gasteiger partial charge on any atom is -0.375 e. The average molecular weight is 296 g/mol. The molecule has 0 bridgehead atoms. The van der Waals surface area contributed by atoms with Crippen LogP contribution in [0.3, 0.4) is 0 Å². The Hall–Kier alpha value is -2.33. The van der Waals surface area contributed by atoms with Crippen LogP contribution in [-0.2, 0) is 4.74 Å². The fourth-order valence-corrected chi connectivity index (χ4v) is 2.63. The molecular formula is C18H20N2O2. The first kappa shape index (κ1) is 14.6. The summed E-state index contributed by atoms with van der Waals surface area (Å²) < 4.78 is 5.51. The van der Waals surface area contributed by atoms with Crippen molar-refractivity contribution in [1.82, 2.24) is 4.90 Å². The summed E-state index contributed by atoms with van der Waals surface area (Å²) in [4.78, 5) is 14.6. The Morgan fingerprint density at radius 2 is 1.86 bits per heavy atom.